The molecule has 1 N–H and O–H groups in total. The third-order valence-corrected chi connectivity index (χ3v) is 4.19. The van der Waals surface area contributed by atoms with E-state index in [0.29, 0.717) is 6.54 Å². The van der Waals surface area contributed by atoms with Crippen LogP contribution in [0.3, 0.4) is 0 Å². The molecule has 0 spiro atoms. The van der Waals surface area contributed by atoms with Gasteiger partial charge in [0.1, 0.15) is 12.1 Å². The highest BCUT2D eigenvalue weighted by Gasteiger charge is 2.35. The molecular weight excluding hydrogens is 323 g/mol. The Hall–Kier alpha value is -2.51. The molecule has 5 nitrogen and oxygen atoms in total. The number of pyridine rings is 1. The van der Waals surface area contributed by atoms with Gasteiger partial charge in [-0.25, -0.2) is 0 Å². The van der Waals surface area contributed by atoms with E-state index in [1.54, 1.807) is 11.1 Å². The molecule has 0 saturated carbocycles. The number of rotatable bonds is 3. The summed E-state index contributed by atoms with van der Waals surface area (Å²) in [5, 5.41) is 0. The fraction of sp³-hybridized carbons (Fsp3) is 0.375. The summed E-state index contributed by atoms with van der Waals surface area (Å²) >= 11 is 0. The molecule has 24 heavy (non-hydrogen) atoms. The summed E-state index contributed by atoms with van der Waals surface area (Å²) in [5.74, 6) is -0.367. The minimum Gasteiger partial charge on any atom is -0.363 e. The second kappa shape index (κ2) is 6.18. The molecule has 0 aliphatic carbocycles. The van der Waals surface area contributed by atoms with Crippen molar-refractivity contribution in [3.63, 3.8) is 0 Å². The van der Waals surface area contributed by atoms with Crippen molar-refractivity contribution in [2.45, 2.75) is 31.6 Å². The van der Waals surface area contributed by atoms with Gasteiger partial charge in [-0.2, -0.15) is 13.2 Å². The third-order valence-electron chi connectivity index (χ3n) is 4.19. The number of likely N-dealkylation sites (tertiary alicyclic amines) is 1. The molecule has 2 aromatic rings. The van der Waals surface area contributed by atoms with Gasteiger partial charge in [0.25, 0.3) is 5.56 Å². The summed E-state index contributed by atoms with van der Waals surface area (Å²) in [6.45, 7) is 0.121. The van der Waals surface area contributed by atoms with E-state index in [1.165, 1.54) is 6.20 Å². The number of carbonyl (C=O) groups excluding carboxylic acids is 1. The highest BCUT2D eigenvalue weighted by atomic mass is 19.4. The number of nitrogens with zero attached hydrogens (tertiary/aromatic N) is 2. The van der Waals surface area contributed by atoms with Gasteiger partial charge in [0.05, 0.1) is 6.04 Å². The molecular formula is C16H16F3N3O2. The van der Waals surface area contributed by atoms with E-state index >= 15 is 0 Å². The predicted octanol–water partition coefficient (Wildman–Crippen LogP) is 2.56. The van der Waals surface area contributed by atoms with Crippen molar-refractivity contribution >= 4 is 5.91 Å². The molecule has 0 aromatic carbocycles. The Labute approximate surface area is 135 Å². The van der Waals surface area contributed by atoms with Gasteiger partial charge in [-0.1, -0.05) is 0 Å². The molecule has 0 radical (unpaired) electrons. The quantitative estimate of drug-likeness (QED) is 0.934. The number of H-pyrrole nitrogens is 1. The van der Waals surface area contributed by atoms with E-state index in [-0.39, 0.29) is 11.9 Å². The normalized spacial score (nSPS) is 18.1. The smallest absolute Gasteiger partial charge is 0.363 e. The van der Waals surface area contributed by atoms with Crippen LogP contribution >= 0.6 is 0 Å². The maximum atomic E-state index is 12.8. The number of aromatic amines is 1. The van der Waals surface area contributed by atoms with Gasteiger partial charge in [-0.3, -0.25) is 9.59 Å². The molecule has 3 heterocycles. The van der Waals surface area contributed by atoms with Crippen LogP contribution in [0.15, 0.2) is 41.5 Å². The topological polar surface area (TPSA) is 58.1 Å². The van der Waals surface area contributed by atoms with E-state index in [1.807, 2.05) is 12.1 Å². The number of carbonyl (C=O) groups is 1. The monoisotopic (exact) mass is 339 g/mol. The van der Waals surface area contributed by atoms with Crippen molar-refractivity contribution in [1.29, 1.82) is 0 Å². The number of amides is 1. The van der Waals surface area contributed by atoms with E-state index in [2.05, 4.69) is 4.98 Å². The van der Waals surface area contributed by atoms with Crippen LogP contribution in [0.5, 0.6) is 0 Å². The van der Waals surface area contributed by atoms with Gasteiger partial charge >= 0.3 is 6.18 Å². The summed E-state index contributed by atoms with van der Waals surface area (Å²) in [6.07, 6.45) is -0.178. The van der Waals surface area contributed by atoms with E-state index in [0.717, 1.165) is 35.2 Å². The fourth-order valence-electron chi connectivity index (χ4n) is 3.05. The average molecular weight is 339 g/mol. The van der Waals surface area contributed by atoms with E-state index in [4.69, 9.17) is 0 Å². The number of aromatic nitrogens is 2. The van der Waals surface area contributed by atoms with Crippen LogP contribution in [0, 0.1) is 0 Å². The Morgan fingerprint density at radius 3 is 2.75 bits per heavy atom. The maximum Gasteiger partial charge on any atom is 0.421 e. The van der Waals surface area contributed by atoms with Gasteiger partial charge < -0.3 is 14.5 Å². The van der Waals surface area contributed by atoms with Crippen LogP contribution < -0.4 is 5.56 Å². The Kier molecular flexibility index (Phi) is 4.21. The standard InChI is InChI=1S/C16H16F3N3O2/c17-16(18,19)11-4-2-8-21(15(11)24)10-14(23)22-9-3-6-13(22)12-5-1-7-20-12/h1-2,4-5,7-8,13,20H,3,6,9-10H2/t13-/m1/s1. The van der Waals surface area contributed by atoms with Crippen LogP contribution in [0.1, 0.15) is 30.1 Å². The molecule has 3 rings (SSSR count). The predicted molar refractivity (Wildman–Crippen MR) is 80.2 cm³/mol. The number of hydrogen-bond donors (Lipinski definition) is 1. The van der Waals surface area contributed by atoms with Crippen molar-refractivity contribution in [2.75, 3.05) is 6.54 Å². The van der Waals surface area contributed by atoms with Crippen molar-refractivity contribution in [2.24, 2.45) is 0 Å². The van der Waals surface area contributed by atoms with Gasteiger partial charge in [-0.15, -0.1) is 0 Å². The Balaban J connectivity index is 1.82. The van der Waals surface area contributed by atoms with Crippen molar-refractivity contribution in [3.05, 3.63) is 58.3 Å². The molecule has 1 amide bonds. The highest BCUT2D eigenvalue weighted by molar-refractivity contribution is 5.76. The molecule has 8 heteroatoms. The minimum absolute atomic E-state index is 0.131. The number of halogens is 3. The first-order valence-corrected chi connectivity index (χ1v) is 7.57. The molecule has 1 aliphatic heterocycles. The summed E-state index contributed by atoms with van der Waals surface area (Å²) < 4.78 is 39.2. The second-order valence-electron chi connectivity index (χ2n) is 5.72. The zero-order valence-electron chi connectivity index (χ0n) is 12.7. The Bertz CT molecular complexity index is 781. The first kappa shape index (κ1) is 16.4. The van der Waals surface area contributed by atoms with E-state index < -0.39 is 23.8 Å². The third kappa shape index (κ3) is 3.08. The maximum absolute atomic E-state index is 12.8. The minimum atomic E-state index is -4.73. The lowest BCUT2D eigenvalue weighted by atomic mass is 10.1. The molecule has 2 aromatic heterocycles. The van der Waals surface area contributed by atoms with Crippen LogP contribution in [0.4, 0.5) is 13.2 Å². The van der Waals surface area contributed by atoms with Gasteiger partial charge in [0.2, 0.25) is 5.91 Å². The van der Waals surface area contributed by atoms with Crippen LogP contribution in [-0.2, 0) is 17.5 Å². The Morgan fingerprint density at radius 2 is 2.08 bits per heavy atom. The van der Waals surface area contributed by atoms with Gasteiger partial charge in [0.15, 0.2) is 0 Å². The van der Waals surface area contributed by atoms with Crippen molar-refractivity contribution < 1.29 is 18.0 Å². The zero-order valence-corrected chi connectivity index (χ0v) is 12.7. The lowest BCUT2D eigenvalue weighted by molar-refractivity contribution is -0.139. The second-order valence-corrected chi connectivity index (χ2v) is 5.72. The lowest BCUT2D eigenvalue weighted by Crippen LogP contribution is -2.37. The number of nitrogens with one attached hydrogen (secondary N) is 1. The molecule has 1 saturated heterocycles. The highest BCUT2D eigenvalue weighted by Crippen LogP contribution is 2.31. The lowest BCUT2D eigenvalue weighted by Gasteiger charge is -2.24. The summed E-state index contributed by atoms with van der Waals surface area (Å²) in [4.78, 5) is 29.1. The first-order chi connectivity index (χ1) is 11.4. The van der Waals surface area contributed by atoms with Crippen molar-refractivity contribution in [3.8, 4) is 0 Å². The first-order valence-electron chi connectivity index (χ1n) is 7.57. The SMILES string of the molecule is O=C(Cn1cccc(C(F)(F)F)c1=O)N1CCC[C@@H]1c1ccc[nH]1. The molecule has 1 fully saturated rings. The van der Waals surface area contributed by atoms with Crippen LogP contribution in [0.2, 0.25) is 0 Å². The van der Waals surface area contributed by atoms with Gasteiger partial charge in [0, 0.05) is 24.6 Å². The largest absolute Gasteiger partial charge is 0.421 e. The van der Waals surface area contributed by atoms with E-state index in [9.17, 15) is 22.8 Å². The summed E-state index contributed by atoms with van der Waals surface area (Å²) in [6, 6.07) is 5.42. The Morgan fingerprint density at radius 1 is 1.29 bits per heavy atom. The van der Waals surface area contributed by atoms with Crippen LogP contribution in [0.25, 0.3) is 0 Å². The molecule has 1 aliphatic rings. The fourth-order valence-corrected chi connectivity index (χ4v) is 3.05. The molecule has 0 bridgehead atoms. The molecule has 0 unspecified atom stereocenters. The zero-order chi connectivity index (χ0) is 17.3. The number of alkyl halides is 3. The summed E-state index contributed by atoms with van der Waals surface area (Å²) in [5.41, 5.74) is -1.58. The number of hydrogen-bond acceptors (Lipinski definition) is 2. The van der Waals surface area contributed by atoms with Gasteiger partial charge in [-0.05, 0) is 37.1 Å². The summed E-state index contributed by atoms with van der Waals surface area (Å²) in [7, 11) is 0. The molecule has 1 atom stereocenters. The van der Waals surface area contributed by atoms with Crippen LogP contribution in [-0.4, -0.2) is 26.9 Å². The average Bonchev–Trinajstić information content (AvgIpc) is 3.18. The van der Waals surface area contributed by atoms with Crippen molar-refractivity contribution in [1.82, 2.24) is 14.5 Å². The molecule has 128 valence electrons.